The SMILES string of the molecule is CCOC(=O)Cn1c(C)c(C(C)(C)C)s/c1=N\S(=O)(=O)c1cccc([N+](=O)[O-])c1. The standard InChI is InChI=1S/C18H23N3O6S2/c1-6-27-15(22)11-20-12(2)16(18(3,4)5)28-17(20)19-29(25,26)14-9-7-8-13(10-14)21(23)24/h7-10H,6,11H2,1-5H3/b19-17-. The lowest BCUT2D eigenvalue weighted by molar-refractivity contribution is -0.385. The van der Waals surface area contributed by atoms with Crippen LogP contribution in [0.3, 0.4) is 0 Å². The molecule has 0 unspecified atom stereocenters. The van der Waals surface area contributed by atoms with Crippen LogP contribution in [-0.4, -0.2) is 30.5 Å². The smallest absolute Gasteiger partial charge is 0.326 e. The highest BCUT2D eigenvalue weighted by molar-refractivity contribution is 7.90. The van der Waals surface area contributed by atoms with Crippen molar-refractivity contribution in [1.82, 2.24) is 4.57 Å². The van der Waals surface area contributed by atoms with Crippen LogP contribution < -0.4 is 4.80 Å². The third-order valence-corrected chi connectivity index (χ3v) is 6.94. The molecular weight excluding hydrogens is 418 g/mol. The lowest BCUT2D eigenvalue weighted by Crippen LogP contribution is -2.24. The molecule has 0 N–H and O–H groups in total. The summed E-state index contributed by atoms with van der Waals surface area (Å²) >= 11 is 1.16. The van der Waals surface area contributed by atoms with Crippen molar-refractivity contribution >= 4 is 33.0 Å². The minimum absolute atomic E-state index is 0.104. The fourth-order valence-corrected chi connectivity index (χ4v) is 5.12. The topological polar surface area (TPSA) is 121 Å². The molecule has 9 nitrogen and oxygen atoms in total. The maximum absolute atomic E-state index is 12.8. The Morgan fingerprint density at radius 2 is 2.00 bits per heavy atom. The fourth-order valence-electron chi connectivity index (χ4n) is 2.68. The van der Waals surface area contributed by atoms with Gasteiger partial charge in [-0.25, -0.2) is 0 Å². The lowest BCUT2D eigenvalue weighted by atomic mass is 9.93. The fraction of sp³-hybridized carbons (Fsp3) is 0.444. The average Bonchev–Trinajstić information content (AvgIpc) is 2.91. The first-order chi connectivity index (χ1) is 13.4. The van der Waals surface area contributed by atoms with Crippen LogP contribution in [0.2, 0.25) is 0 Å². The minimum atomic E-state index is -4.23. The van der Waals surface area contributed by atoms with E-state index >= 15 is 0 Å². The summed E-state index contributed by atoms with van der Waals surface area (Å²) < 4.78 is 36.0. The van der Waals surface area contributed by atoms with E-state index < -0.39 is 20.9 Å². The van der Waals surface area contributed by atoms with Gasteiger partial charge in [-0.1, -0.05) is 26.8 Å². The number of non-ortho nitro benzene ring substituents is 1. The van der Waals surface area contributed by atoms with Crippen LogP contribution in [-0.2, 0) is 31.5 Å². The van der Waals surface area contributed by atoms with Crippen molar-refractivity contribution < 1.29 is 22.9 Å². The third kappa shape index (κ3) is 5.30. The molecule has 0 atom stereocenters. The molecule has 29 heavy (non-hydrogen) atoms. The van der Waals surface area contributed by atoms with Crippen molar-refractivity contribution in [2.24, 2.45) is 4.40 Å². The number of nitro benzene ring substituents is 1. The van der Waals surface area contributed by atoms with Crippen LogP contribution in [0.25, 0.3) is 0 Å². The molecule has 2 aromatic rings. The summed E-state index contributed by atoms with van der Waals surface area (Å²) in [7, 11) is -4.23. The molecule has 0 aliphatic carbocycles. The summed E-state index contributed by atoms with van der Waals surface area (Å²) in [5.41, 5.74) is 0.0655. The highest BCUT2D eigenvalue weighted by Gasteiger charge is 2.25. The van der Waals surface area contributed by atoms with E-state index in [0.717, 1.165) is 22.3 Å². The van der Waals surface area contributed by atoms with Gasteiger partial charge in [-0.15, -0.1) is 15.7 Å². The predicted octanol–water partition coefficient (Wildman–Crippen LogP) is 2.92. The average molecular weight is 442 g/mol. The molecule has 2 rings (SSSR count). The van der Waals surface area contributed by atoms with Gasteiger partial charge >= 0.3 is 5.97 Å². The van der Waals surface area contributed by atoms with Gasteiger partial charge in [-0.05, 0) is 25.3 Å². The van der Waals surface area contributed by atoms with Crippen LogP contribution in [0.4, 0.5) is 5.69 Å². The Morgan fingerprint density at radius 1 is 1.34 bits per heavy atom. The molecule has 1 aromatic heterocycles. The number of ether oxygens (including phenoxy) is 1. The van der Waals surface area contributed by atoms with Crippen LogP contribution in [0, 0.1) is 17.0 Å². The Labute approximate surface area is 172 Å². The highest BCUT2D eigenvalue weighted by Crippen LogP contribution is 2.28. The van der Waals surface area contributed by atoms with Gasteiger partial charge in [0.25, 0.3) is 15.7 Å². The van der Waals surface area contributed by atoms with Gasteiger partial charge in [-0.2, -0.15) is 8.42 Å². The zero-order valence-electron chi connectivity index (χ0n) is 16.8. The Kier molecular flexibility index (Phi) is 6.63. The molecule has 0 spiro atoms. The largest absolute Gasteiger partial charge is 0.465 e. The second-order valence-electron chi connectivity index (χ2n) is 7.26. The number of sulfonamides is 1. The number of hydrogen-bond acceptors (Lipinski definition) is 7. The third-order valence-electron chi connectivity index (χ3n) is 3.96. The monoisotopic (exact) mass is 441 g/mol. The van der Waals surface area contributed by atoms with Gasteiger partial charge in [0, 0.05) is 22.7 Å². The molecule has 1 heterocycles. The van der Waals surface area contributed by atoms with Gasteiger partial charge < -0.3 is 9.30 Å². The number of carbonyl (C=O) groups excluding carboxylic acids is 1. The maximum atomic E-state index is 12.8. The van der Waals surface area contributed by atoms with E-state index in [9.17, 15) is 23.3 Å². The molecule has 158 valence electrons. The summed E-state index contributed by atoms with van der Waals surface area (Å²) in [6.07, 6.45) is 0. The van der Waals surface area contributed by atoms with Gasteiger partial charge in [0.05, 0.1) is 16.4 Å². The lowest BCUT2D eigenvalue weighted by Gasteiger charge is -2.17. The number of nitro groups is 1. The molecule has 0 saturated heterocycles. The first-order valence-electron chi connectivity index (χ1n) is 8.78. The Morgan fingerprint density at radius 3 is 2.55 bits per heavy atom. The number of nitrogens with zero attached hydrogens (tertiary/aromatic N) is 3. The summed E-state index contributed by atoms with van der Waals surface area (Å²) in [5.74, 6) is -0.511. The summed E-state index contributed by atoms with van der Waals surface area (Å²) in [5, 5.41) is 11.0. The Balaban J connectivity index is 2.68. The molecule has 0 aliphatic rings. The van der Waals surface area contributed by atoms with Gasteiger partial charge in [-0.3, -0.25) is 14.9 Å². The number of thiazole rings is 1. The van der Waals surface area contributed by atoms with E-state index in [-0.39, 0.29) is 34.0 Å². The number of rotatable bonds is 6. The number of aromatic nitrogens is 1. The van der Waals surface area contributed by atoms with Gasteiger partial charge in [0.15, 0.2) is 0 Å². The predicted molar refractivity (Wildman–Crippen MR) is 108 cm³/mol. The normalized spacial score (nSPS) is 12.8. The molecule has 0 fully saturated rings. The number of esters is 1. The molecule has 11 heteroatoms. The molecule has 0 bridgehead atoms. The molecular formula is C18H23N3O6S2. The second-order valence-corrected chi connectivity index (χ2v) is 9.84. The van der Waals surface area contributed by atoms with Gasteiger partial charge in [0.2, 0.25) is 4.80 Å². The number of carbonyl (C=O) groups is 1. The van der Waals surface area contributed by atoms with E-state index in [4.69, 9.17) is 4.74 Å². The summed E-state index contributed by atoms with van der Waals surface area (Å²) in [6.45, 7) is 9.40. The first kappa shape index (κ1) is 22.8. The van der Waals surface area contributed by atoms with E-state index in [1.54, 1.807) is 13.8 Å². The zero-order valence-corrected chi connectivity index (χ0v) is 18.5. The first-order valence-corrected chi connectivity index (χ1v) is 11.0. The molecule has 1 aromatic carbocycles. The minimum Gasteiger partial charge on any atom is -0.465 e. The van der Waals surface area contributed by atoms with E-state index in [2.05, 4.69) is 4.40 Å². The Bertz CT molecular complexity index is 1110. The van der Waals surface area contributed by atoms with Crippen molar-refractivity contribution in [2.75, 3.05) is 6.61 Å². The van der Waals surface area contributed by atoms with Crippen molar-refractivity contribution in [3.63, 3.8) is 0 Å². The second kappa shape index (κ2) is 8.46. The van der Waals surface area contributed by atoms with Crippen LogP contribution in [0.5, 0.6) is 0 Å². The number of hydrogen-bond donors (Lipinski definition) is 0. The van der Waals surface area contributed by atoms with Crippen molar-refractivity contribution in [3.8, 4) is 0 Å². The van der Waals surface area contributed by atoms with Crippen LogP contribution in [0.15, 0.2) is 33.6 Å². The summed E-state index contributed by atoms with van der Waals surface area (Å²) in [6, 6.07) is 4.69. The van der Waals surface area contributed by atoms with Crippen LogP contribution >= 0.6 is 11.3 Å². The van der Waals surface area contributed by atoms with Gasteiger partial charge in [0.1, 0.15) is 6.54 Å². The van der Waals surface area contributed by atoms with E-state index in [0.29, 0.717) is 5.69 Å². The zero-order chi connectivity index (χ0) is 22.0. The maximum Gasteiger partial charge on any atom is 0.326 e. The quantitative estimate of drug-likeness (QED) is 0.386. The van der Waals surface area contributed by atoms with E-state index in [1.165, 1.54) is 22.8 Å². The molecule has 0 saturated carbocycles. The van der Waals surface area contributed by atoms with Crippen molar-refractivity contribution in [2.45, 2.75) is 51.5 Å². The van der Waals surface area contributed by atoms with Crippen LogP contribution in [0.1, 0.15) is 38.3 Å². The summed E-state index contributed by atoms with van der Waals surface area (Å²) in [4.78, 5) is 23.0. The molecule has 0 aliphatic heterocycles. The highest BCUT2D eigenvalue weighted by atomic mass is 32.2. The molecule has 0 amide bonds. The van der Waals surface area contributed by atoms with Crippen molar-refractivity contribution in [3.05, 3.63) is 49.8 Å². The molecule has 0 radical (unpaired) electrons. The van der Waals surface area contributed by atoms with E-state index in [1.807, 2.05) is 20.8 Å². The Hall–Kier alpha value is -2.53. The number of benzene rings is 1. The van der Waals surface area contributed by atoms with Crippen molar-refractivity contribution in [1.29, 1.82) is 0 Å².